The minimum atomic E-state index is -0.468. The highest BCUT2D eigenvalue weighted by atomic mass is 35.5. The summed E-state index contributed by atoms with van der Waals surface area (Å²) in [6.45, 7) is 2.59. The van der Waals surface area contributed by atoms with Crippen LogP contribution in [-0.4, -0.2) is 53.9 Å². The van der Waals surface area contributed by atoms with Crippen LogP contribution < -0.4 is 10.7 Å². The zero-order chi connectivity index (χ0) is 21.6. The molecule has 0 bridgehead atoms. The van der Waals surface area contributed by atoms with Crippen LogP contribution in [0.25, 0.3) is 10.9 Å². The molecule has 1 aliphatic rings. The summed E-state index contributed by atoms with van der Waals surface area (Å²) >= 11 is 5.84. The Morgan fingerprint density at radius 1 is 1.10 bits per heavy atom. The van der Waals surface area contributed by atoms with E-state index in [1.807, 2.05) is 39.9 Å². The Morgan fingerprint density at radius 3 is 2.61 bits per heavy atom. The van der Waals surface area contributed by atoms with Crippen molar-refractivity contribution in [2.24, 2.45) is 5.10 Å². The Balaban J connectivity index is 1.44. The molecule has 0 atom stereocenters. The maximum atomic E-state index is 12.7. The summed E-state index contributed by atoms with van der Waals surface area (Å²) in [6.07, 6.45) is 3.44. The molecule has 0 radical (unpaired) electrons. The molecule has 9 heteroatoms. The zero-order valence-corrected chi connectivity index (χ0v) is 17.5. The van der Waals surface area contributed by atoms with Gasteiger partial charge in [0.15, 0.2) is 0 Å². The topological polar surface area (TPSA) is 88.0 Å². The van der Waals surface area contributed by atoms with Crippen molar-refractivity contribution in [3.05, 3.63) is 65.3 Å². The highest BCUT2D eigenvalue weighted by Gasteiger charge is 2.18. The van der Waals surface area contributed by atoms with Crippen LogP contribution >= 0.6 is 11.6 Å². The minimum Gasteiger partial charge on any atom is -0.378 e. The van der Waals surface area contributed by atoms with Gasteiger partial charge in [-0.15, -0.1) is 0 Å². The van der Waals surface area contributed by atoms with Crippen LogP contribution in [0.2, 0.25) is 5.02 Å². The van der Waals surface area contributed by atoms with E-state index in [9.17, 15) is 9.59 Å². The quantitative estimate of drug-likeness (QED) is 0.472. The lowest BCUT2D eigenvalue weighted by atomic mass is 10.2. The molecule has 0 spiro atoms. The molecular formula is C22H22ClN5O3. The Labute approximate surface area is 184 Å². The minimum absolute atomic E-state index is 0.0491. The van der Waals surface area contributed by atoms with Crippen molar-refractivity contribution in [3.8, 4) is 0 Å². The van der Waals surface area contributed by atoms with Gasteiger partial charge in [0, 0.05) is 46.5 Å². The molecule has 2 aromatic carbocycles. The number of amides is 3. The second-order valence-corrected chi connectivity index (χ2v) is 7.49. The van der Waals surface area contributed by atoms with E-state index in [0.29, 0.717) is 37.0 Å². The van der Waals surface area contributed by atoms with E-state index in [2.05, 4.69) is 15.8 Å². The van der Waals surface area contributed by atoms with E-state index in [1.54, 1.807) is 30.5 Å². The largest absolute Gasteiger partial charge is 0.378 e. The molecule has 160 valence electrons. The Hall–Kier alpha value is -3.36. The van der Waals surface area contributed by atoms with Gasteiger partial charge in [0.05, 0.1) is 19.4 Å². The number of benzene rings is 2. The molecule has 3 amide bonds. The van der Waals surface area contributed by atoms with E-state index < -0.39 is 6.03 Å². The second kappa shape index (κ2) is 9.63. The number of anilines is 1. The lowest BCUT2D eigenvalue weighted by Gasteiger charge is -2.27. The summed E-state index contributed by atoms with van der Waals surface area (Å²) in [6, 6.07) is 14.1. The maximum absolute atomic E-state index is 12.7. The molecule has 2 N–H and O–H groups in total. The van der Waals surface area contributed by atoms with Crippen molar-refractivity contribution in [3.63, 3.8) is 0 Å². The first kappa shape index (κ1) is 20.9. The van der Waals surface area contributed by atoms with Crippen LogP contribution in [0.3, 0.4) is 0 Å². The standard InChI is InChI=1S/C22H22ClN5O3/c23-17-5-7-18(8-6-17)25-22(30)26-24-13-16-14-28(20-4-2-1-3-19(16)20)15-21(29)27-9-11-31-12-10-27/h1-8,13-14H,9-12,15H2,(H2,25,26,30)/b24-13-. The van der Waals surface area contributed by atoms with Gasteiger partial charge in [0.25, 0.3) is 0 Å². The van der Waals surface area contributed by atoms with Crippen molar-refractivity contribution >= 4 is 46.3 Å². The van der Waals surface area contributed by atoms with Crippen LogP contribution in [0, 0.1) is 0 Å². The molecular weight excluding hydrogens is 418 g/mol. The number of fused-ring (bicyclic) bond motifs is 1. The van der Waals surface area contributed by atoms with Gasteiger partial charge in [-0.05, 0) is 30.3 Å². The summed E-state index contributed by atoms with van der Waals surface area (Å²) in [7, 11) is 0. The molecule has 1 aromatic heterocycles. The van der Waals surface area contributed by atoms with Gasteiger partial charge >= 0.3 is 6.03 Å². The number of para-hydroxylation sites is 1. The van der Waals surface area contributed by atoms with Crippen LogP contribution in [-0.2, 0) is 16.1 Å². The van der Waals surface area contributed by atoms with E-state index in [1.165, 1.54) is 0 Å². The van der Waals surface area contributed by atoms with Crippen molar-refractivity contribution in [2.75, 3.05) is 31.6 Å². The average molecular weight is 440 g/mol. The summed E-state index contributed by atoms with van der Waals surface area (Å²) < 4.78 is 7.22. The highest BCUT2D eigenvalue weighted by Crippen LogP contribution is 2.20. The number of aromatic nitrogens is 1. The van der Waals surface area contributed by atoms with Crippen LogP contribution in [0.15, 0.2) is 59.8 Å². The summed E-state index contributed by atoms with van der Waals surface area (Å²) in [4.78, 5) is 26.5. The number of hydrogen-bond acceptors (Lipinski definition) is 4. The molecule has 31 heavy (non-hydrogen) atoms. The Kier molecular flexibility index (Phi) is 6.49. The molecule has 1 aliphatic heterocycles. The van der Waals surface area contributed by atoms with Crippen molar-refractivity contribution < 1.29 is 14.3 Å². The van der Waals surface area contributed by atoms with Gasteiger partial charge in [-0.1, -0.05) is 29.8 Å². The second-order valence-electron chi connectivity index (χ2n) is 7.05. The smallest absolute Gasteiger partial charge is 0.339 e. The van der Waals surface area contributed by atoms with Gasteiger partial charge in [-0.2, -0.15) is 5.10 Å². The lowest BCUT2D eigenvalue weighted by Crippen LogP contribution is -2.42. The Bertz CT molecular complexity index is 1100. The predicted molar refractivity (Wildman–Crippen MR) is 121 cm³/mol. The lowest BCUT2D eigenvalue weighted by molar-refractivity contribution is -0.135. The summed E-state index contributed by atoms with van der Waals surface area (Å²) in [5, 5.41) is 8.26. The number of nitrogens with zero attached hydrogens (tertiary/aromatic N) is 3. The van der Waals surface area contributed by atoms with Gasteiger partial charge < -0.3 is 19.5 Å². The Morgan fingerprint density at radius 2 is 1.84 bits per heavy atom. The third kappa shape index (κ3) is 5.22. The first-order chi connectivity index (χ1) is 15.1. The van der Waals surface area contributed by atoms with Gasteiger partial charge in [-0.25, -0.2) is 10.2 Å². The number of hydrazone groups is 1. The number of ether oxygens (including phenoxy) is 1. The summed E-state index contributed by atoms with van der Waals surface area (Å²) in [5.74, 6) is 0.0491. The first-order valence-electron chi connectivity index (χ1n) is 9.89. The first-order valence-corrected chi connectivity index (χ1v) is 10.3. The van der Waals surface area contributed by atoms with Crippen molar-refractivity contribution in [1.82, 2.24) is 14.9 Å². The van der Waals surface area contributed by atoms with Gasteiger partial charge in [-0.3, -0.25) is 4.79 Å². The van der Waals surface area contributed by atoms with Gasteiger partial charge in [0.1, 0.15) is 6.54 Å². The van der Waals surface area contributed by atoms with E-state index in [0.717, 1.165) is 16.5 Å². The number of hydrogen-bond donors (Lipinski definition) is 2. The molecule has 0 aliphatic carbocycles. The number of nitrogens with one attached hydrogen (secondary N) is 2. The molecule has 4 rings (SSSR count). The number of urea groups is 1. The maximum Gasteiger partial charge on any atom is 0.339 e. The van der Waals surface area contributed by atoms with E-state index >= 15 is 0 Å². The van der Waals surface area contributed by atoms with Gasteiger partial charge in [0.2, 0.25) is 5.91 Å². The molecule has 0 unspecified atom stereocenters. The third-order valence-corrected chi connectivity index (χ3v) is 5.21. The molecule has 3 aromatic rings. The van der Waals surface area contributed by atoms with Crippen molar-refractivity contribution in [2.45, 2.75) is 6.54 Å². The number of halogens is 1. The molecule has 1 fully saturated rings. The zero-order valence-electron chi connectivity index (χ0n) is 16.8. The fraction of sp³-hybridized carbons (Fsp3) is 0.227. The van der Waals surface area contributed by atoms with E-state index in [4.69, 9.17) is 16.3 Å². The fourth-order valence-electron chi connectivity index (χ4n) is 3.42. The molecule has 0 saturated carbocycles. The normalized spacial score (nSPS) is 14.2. The van der Waals surface area contributed by atoms with Crippen LogP contribution in [0.4, 0.5) is 10.5 Å². The number of carbonyl (C=O) groups is 2. The molecule has 1 saturated heterocycles. The van der Waals surface area contributed by atoms with Crippen LogP contribution in [0.1, 0.15) is 5.56 Å². The highest BCUT2D eigenvalue weighted by molar-refractivity contribution is 6.30. The summed E-state index contributed by atoms with van der Waals surface area (Å²) in [5.41, 5.74) is 4.79. The van der Waals surface area contributed by atoms with Crippen LogP contribution in [0.5, 0.6) is 0 Å². The van der Waals surface area contributed by atoms with E-state index in [-0.39, 0.29) is 12.5 Å². The molecule has 2 heterocycles. The van der Waals surface area contributed by atoms with Crippen molar-refractivity contribution in [1.29, 1.82) is 0 Å². The predicted octanol–water partition coefficient (Wildman–Crippen LogP) is 3.31. The third-order valence-electron chi connectivity index (χ3n) is 4.96. The SMILES string of the molecule is O=C(N/N=C\c1cn(CC(=O)N2CCOCC2)c2ccccc12)Nc1ccc(Cl)cc1. The monoisotopic (exact) mass is 439 g/mol. The number of rotatable bonds is 5. The number of morpholine rings is 1. The number of carbonyl (C=O) groups excluding carboxylic acids is 2. The average Bonchev–Trinajstić information content (AvgIpc) is 3.13. The fourth-order valence-corrected chi connectivity index (χ4v) is 3.55. The molecule has 8 nitrogen and oxygen atoms in total.